The minimum atomic E-state index is -1.17. The van der Waals surface area contributed by atoms with Gasteiger partial charge in [0.15, 0.2) is 0 Å². The Bertz CT molecular complexity index is 637. The number of imide groups is 1. The smallest absolute Gasteiger partial charge is 0.327 e. The van der Waals surface area contributed by atoms with E-state index < -0.39 is 29.9 Å². The number of nitrogens with zero attached hydrogens (tertiary/aromatic N) is 1. The highest BCUT2D eigenvalue weighted by Crippen LogP contribution is 2.21. The van der Waals surface area contributed by atoms with Crippen molar-refractivity contribution >= 4 is 17.8 Å². The third-order valence-electron chi connectivity index (χ3n) is 4.32. The van der Waals surface area contributed by atoms with Crippen LogP contribution in [-0.4, -0.2) is 46.4 Å². The van der Waals surface area contributed by atoms with Crippen LogP contribution in [0, 0.1) is 5.41 Å². The first-order chi connectivity index (χ1) is 11.7. The average Bonchev–Trinajstić information content (AvgIpc) is 2.79. The zero-order valence-electron chi connectivity index (χ0n) is 15.0. The van der Waals surface area contributed by atoms with Gasteiger partial charge in [0.25, 0.3) is 0 Å². The summed E-state index contributed by atoms with van der Waals surface area (Å²) in [7, 11) is 0. The SMILES string of the molecule is CC(C)(C)CCN[C@H]1CC(=O)N([C@@H](Cc2ccccc2)C(=O)O)C1=O. The number of rotatable bonds is 7. The molecule has 2 amide bonds. The van der Waals surface area contributed by atoms with Crippen LogP contribution in [0.25, 0.3) is 0 Å². The van der Waals surface area contributed by atoms with Crippen molar-refractivity contribution in [3.05, 3.63) is 35.9 Å². The lowest BCUT2D eigenvalue weighted by Gasteiger charge is -2.24. The number of amides is 2. The van der Waals surface area contributed by atoms with Crippen LogP contribution in [0.2, 0.25) is 0 Å². The van der Waals surface area contributed by atoms with Gasteiger partial charge in [-0.05, 0) is 23.9 Å². The maximum atomic E-state index is 12.6. The Labute approximate surface area is 148 Å². The van der Waals surface area contributed by atoms with E-state index in [9.17, 15) is 19.5 Å². The number of benzene rings is 1. The number of carboxylic acids is 1. The van der Waals surface area contributed by atoms with Crippen LogP contribution < -0.4 is 5.32 Å². The molecule has 6 heteroatoms. The second-order valence-corrected chi connectivity index (χ2v) is 7.67. The van der Waals surface area contributed by atoms with Crippen molar-refractivity contribution < 1.29 is 19.5 Å². The molecule has 1 saturated heterocycles. The Morgan fingerprint density at radius 2 is 1.92 bits per heavy atom. The largest absolute Gasteiger partial charge is 0.480 e. The highest BCUT2D eigenvalue weighted by molar-refractivity contribution is 6.08. The van der Waals surface area contributed by atoms with E-state index in [0.29, 0.717) is 6.54 Å². The molecule has 0 spiro atoms. The third kappa shape index (κ3) is 5.13. The first kappa shape index (κ1) is 19.1. The van der Waals surface area contributed by atoms with E-state index >= 15 is 0 Å². The standard InChI is InChI=1S/C19H26N2O4/c1-19(2,3)9-10-20-14-12-16(22)21(17(14)23)15(18(24)25)11-13-7-5-4-6-8-13/h4-8,14-15,20H,9-12H2,1-3H3,(H,24,25)/t14-,15-/m0/s1. The monoisotopic (exact) mass is 346 g/mol. The number of carboxylic acid groups (broad SMARTS) is 1. The highest BCUT2D eigenvalue weighted by atomic mass is 16.4. The molecule has 1 heterocycles. The summed E-state index contributed by atoms with van der Waals surface area (Å²) >= 11 is 0. The molecule has 0 saturated carbocycles. The summed E-state index contributed by atoms with van der Waals surface area (Å²) in [5.41, 5.74) is 0.898. The van der Waals surface area contributed by atoms with Gasteiger partial charge in [-0.3, -0.25) is 14.5 Å². The van der Waals surface area contributed by atoms with Crippen molar-refractivity contribution in [2.45, 2.75) is 52.1 Å². The lowest BCUT2D eigenvalue weighted by Crippen LogP contribution is -2.48. The van der Waals surface area contributed by atoms with Crippen molar-refractivity contribution in [1.29, 1.82) is 0 Å². The van der Waals surface area contributed by atoms with E-state index in [0.717, 1.165) is 16.9 Å². The van der Waals surface area contributed by atoms with Crippen LogP contribution >= 0.6 is 0 Å². The van der Waals surface area contributed by atoms with Crippen molar-refractivity contribution in [3.8, 4) is 0 Å². The normalized spacial score (nSPS) is 19.3. The molecule has 0 bridgehead atoms. The zero-order chi connectivity index (χ0) is 18.6. The van der Waals surface area contributed by atoms with Crippen LogP contribution in [0.1, 0.15) is 39.2 Å². The predicted octanol–water partition coefficient (Wildman–Crippen LogP) is 1.84. The van der Waals surface area contributed by atoms with E-state index in [1.54, 1.807) is 24.3 Å². The molecule has 2 rings (SSSR count). The molecule has 0 unspecified atom stereocenters. The van der Waals surface area contributed by atoms with E-state index in [4.69, 9.17) is 0 Å². The van der Waals surface area contributed by atoms with E-state index in [1.807, 2.05) is 6.07 Å². The predicted molar refractivity (Wildman–Crippen MR) is 93.9 cm³/mol. The molecule has 2 atom stereocenters. The van der Waals surface area contributed by atoms with Crippen molar-refractivity contribution in [2.24, 2.45) is 5.41 Å². The number of carbonyl (C=O) groups excluding carboxylic acids is 2. The summed E-state index contributed by atoms with van der Waals surface area (Å²) in [4.78, 5) is 37.5. The first-order valence-corrected chi connectivity index (χ1v) is 8.55. The lowest BCUT2D eigenvalue weighted by atomic mass is 9.92. The highest BCUT2D eigenvalue weighted by Gasteiger charge is 2.44. The molecule has 6 nitrogen and oxygen atoms in total. The zero-order valence-corrected chi connectivity index (χ0v) is 15.0. The molecular formula is C19H26N2O4. The molecule has 0 aromatic heterocycles. The molecule has 1 aliphatic rings. The molecule has 25 heavy (non-hydrogen) atoms. The maximum absolute atomic E-state index is 12.6. The van der Waals surface area contributed by atoms with Gasteiger partial charge in [0.1, 0.15) is 6.04 Å². The van der Waals surface area contributed by atoms with Gasteiger partial charge in [0.2, 0.25) is 11.8 Å². The molecular weight excluding hydrogens is 320 g/mol. The van der Waals surface area contributed by atoms with Crippen LogP contribution in [0.3, 0.4) is 0 Å². The Hall–Kier alpha value is -2.21. The summed E-state index contributed by atoms with van der Waals surface area (Å²) in [5.74, 6) is -2.04. The van der Waals surface area contributed by atoms with E-state index in [2.05, 4.69) is 26.1 Å². The minimum absolute atomic E-state index is 0.0154. The molecule has 0 radical (unpaired) electrons. The third-order valence-corrected chi connectivity index (χ3v) is 4.32. The van der Waals surface area contributed by atoms with Crippen LogP contribution in [0.15, 0.2) is 30.3 Å². The molecule has 136 valence electrons. The number of hydrogen-bond acceptors (Lipinski definition) is 4. The summed E-state index contributed by atoms with van der Waals surface area (Å²) in [6.07, 6.45) is 0.987. The van der Waals surface area contributed by atoms with Gasteiger partial charge in [0.05, 0.1) is 12.5 Å². The van der Waals surface area contributed by atoms with Crippen molar-refractivity contribution in [1.82, 2.24) is 10.2 Å². The molecule has 1 aromatic rings. The summed E-state index contributed by atoms with van der Waals surface area (Å²) < 4.78 is 0. The number of nitrogens with one attached hydrogen (secondary N) is 1. The fraction of sp³-hybridized carbons (Fsp3) is 0.526. The van der Waals surface area contributed by atoms with Crippen LogP contribution in [0.5, 0.6) is 0 Å². The second-order valence-electron chi connectivity index (χ2n) is 7.67. The van der Waals surface area contributed by atoms with E-state index in [-0.39, 0.29) is 18.3 Å². The average molecular weight is 346 g/mol. The van der Waals surface area contributed by atoms with Gasteiger partial charge >= 0.3 is 5.97 Å². The molecule has 2 N–H and O–H groups in total. The van der Waals surface area contributed by atoms with Gasteiger partial charge < -0.3 is 10.4 Å². The van der Waals surface area contributed by atoms with Crippen molar-refractivity contribution in [3.63, 3.8) is 0 Å². The molecule has 1 aliphatic heterocycles. The Morgan fingerprint density at radius 1 is 1.28 bits per heavy atom. The fourth-order valence-electron chi connectivity index (χ4n) is 2.89. The van der Waals surface area contributed by atoms with Crippen molar-refractivity contribution in [2.75, 3.05) is 6.54 Å². The van der Waals surface area contributed by atoms with Gasteiger partial charge in [-0.1, -0.05) is 51.1 Å². The molecule has 1 fully saturated rings. The molecule has 1 aromatic carbocycles. The second kappa shape index (κ2) is 7.78. The maximum Gasteiger partial charge on any atom is 0.327 e. The van der Waals surface area contributed by atoms with Crippen LogP contribution in [0.4, 0.5) is 0 Å². The Balaban J connectivity index is 2.06. The Morgan fingerprint density at radius 3 is 2.48 bits per heavy atom. The fourth-order valence-corrected chi connectivity index (χ4v) is 2.89. The quantitative estimate of drug-likeness (QED) is 0.736. The van der Waals surface area contributed by atoms with Gasteiger partial charge in [-0.25, -0.2) is 4.79 Å². The first-order valence-electron chi connectivity index (χ1n) is 8.55. The van der Waals surface area contributed by atoms with Gasteiger partial charge in [0, 0.05) is 6.42 Å². The number of carbonyl (C=O) groups is 3. The van der Waals surface area contributed by atoms with Crippen LogP contribution in [-0.2, 0) is 20.8 Å². The number of likely N-dealkylation sites (tertiary alicyclic amines) is 1. The topological polar surface area (TPSA) is 86.7 Å². The van der Waals surface area contributed by atoms with Gasteiger partial charge in [-0.2, -0.15) is 0 Å². The summed E-state index contributed by atoms with van der Waals surface area (Å²) in [5, 5.41) is 12.6. The lowest BCUT2D eigenvalue weighted by molar-refractivity contribution is -0.154. The van der Waals surface area contributed by atoms with E-state index in [1.165, 1.54) is 0 Å². The summed E-state index contributed by atoms with van der Waals surface area (Å²) in [6, 6.07) is 7.22. The summed E-state index contributed by atoms with van der Waals surface area (Å²) in [6.45, 7) is 6.91. The van der Waals surface area contributed by atoms with Gasteiger partial charge in [-0.15, -0.1) is 0 Å². The number of hydrogen-bond donors (Lipinski definition) is 2. The minimum Gasteiger partial charge on any atom is -0.480 e. The number of aliphatic carboxylic acids is 1. The molecule has 0 aliphatic carbocycles. The Kier molecular flexibility index (Phi) is 5.95.